The number of carboxylic acids is 2. The Hall–Kier alpha value is -2.90. The fraction of sp³-hybridized carbons (Fsp3) is 0.706. The molecule has 0 aromatic rings. The molecule has 31 heavy (non-hydrogen) atoms. The zero-order valence-electron chi connectivity index (χ0n) is 17.1. The van der Waals surface area contributed by atoms with Crippen LogP contribution in [-0.4, -0.2) is 82.7 Å². The first kappa shape index (κ1) is 28.1. The first-order chi connectivity index (χ1) is 14.3. The molecule has 3 amide bonds. The highest BCUT2D eigenvalue weighted by molar-refractivity contribution is 5.92. The number of nitrogens with zero attached hydrogens (tertiary/aromatic N) is 1. The van der Waals surface area contributed by atoms with E-state index in [4.69, 9.17) is 15.6 Å². The highest BCUT2D eigenvalue weighted by Crippen LogP contribution is 2.18. The van der Waals surface area contributed by atoms with Crippen molar-refractivity contribution in [2.24, 2.45) is 11.7 Å². The minimum atomic E-state index is -5.08. The monoisotopic (exact) mass is 456 g/mol. The molecule has 0 bridgehead atoms. The van der Waals surface area contributed by atoms with Crippen LogP contribution in [-0.2, 0) is 24.0 Å². The number of carboxylic acid groups (broad SMARTS) is 2. The van der Waals surface area contributed by atoms with E-state index >= 15 is 0 Å². The van der Waals surface area contributed by atoms with Crippen LogP contribution < -0.4 is 16.4 Å². The quantitative estimate of drug-likeness (QED) is 0.318. The molecule has 0 saturated carbocycles. The van der Waals surface area contributed by atoms with Crippen molar-refractivity contribution < 1.29 is 47.4 Å². The summed E-state index contributed by atoms with van der Waals surface area (Å²) in [4.78, 5) is 57.3. The Morgan fingerprint density at radius 1 is 1.19 bits per heavy atom. The molecule has 0 radical (unpaired) electrons. The molecule has 1 saturated heterocycles. The average molecular weight is 456 g/mol. The molecular formula is C17H27F3N4O7. The molecule has 1 fully saturated rings. The van der Waals surface area contributed by atoms with Gasteiger partial charge in [-0.2, -0.15) is 13.2 Å². The molecule has 14 heteroatoms. The lowest BCUT2D eigenvalue weighted by atomic mass is 9.99. The van der Waals surface area contributed by atoms with Gasteiger partial charge in [0.2, 0.25) is 17.7 Å². The molecule has 3 atom stereocenters. The van der Waals surface area contributed by atoms with Crippen LogP contribution in [0.25, 0.3) is 0 Å². The predicted octanol–water partition coefficient (Wildman–Crippen LogP) is -0.699. The summed E-state index contributed by atoms with van der Waals surface area (Å²) >= 11 is 0. The van der Waals surface area contributed by atoms with E-state index in [-0.39, 0.29) is 24.9 Å². The summed E-state index contributed by atoms with van der Waals surface area (Å²) in [7, 11) is 0. The van der Waals surface area contributed by atoms with E-state index in [0.717, 1.165) is 0 Å². The maximum absolute atomic E-state index is 12.4. The van der Waals surface area contributed by atoms with Gasteiger partial charge in [0.1, 0.15) is 12.1 Å². The van der Waals surface area contributed by atoms with Crippen LogP contribution in [0.1, 0.15) is 33.1 Å². The number of halogens is 3. The maximum atomic E-state index is 12.4. The molecule has 0 aliphatic carbocycles. The lowest BCUT2D eigenvalue weighted by Gasteiger charge is -2.27. The van der Waals surface area contributed by atoms with E-state index in [0.29, 0.717) is 25.8 Å². The topological polar surface area (TPSA) is 179 Å². The fourth-order valence-corrected chi connectivity index (χ4v) is 2.62. The number of nitrogens with one attached hydrogen (secondary N) is 2. The summed E-state index contributed by atoms with van der Waals surface area (Å²) in [6, 6.07) is -1.70. The molecule has 1 rings (SSSR count). The van der Waals surface area contributed by atoms with E-state index in [1.165, 1.54) is 4.90 Å². The first-order valence-corrected chi connectivity index (χ1v) is 9.35. The third kappa shape index (κ3) is 9.63. The van der Waals surface area contributed by atoms with Crippen LogP contribution in [0.3, 0.4) is 0 Å². The van der Waals surface area contributed by atoms with Crippen molar-refractivity contribution in [3.05, 3.63) is 0 Å². The summed E-state index contributed by atoms with van der Waals surface area (Å²) in [5.74, 6) is -5.38. The molecule has 1 aliphatic heterocycles. The molecule has 1 aliphatic rings. The smallest absolute Gasteiger partial charge is 0.480 e. The van der Waals surface area contributed by atoms with E-state index in [9.17, 15) is 37.5 Å². The Kier molecular flexibility index (Phi) is 11.5. The van der Waals surface area contributed by atoms with Crippen molar-refractivity contribution in [2.75, 3.05) is 19.6 Å². The van der Waals surface area contributed by atoms with E-state index in [2.05, 4.69) is 10.6 Å². The first-order valence-electron chi connectivity index (χ1n) is 9.35. The van der Waals surface area contributed by atoms with Gasteiger partial charge in [0.15, 0.2) is 0 Å². The minimum Gasteiger partial charge on any atom is -0.480 e. The van der Waals surface area contributed by atoms with Gasteiger partial charge in [-0.05, 0) is 18.8 Å². The number of aliphatic carboxylic acids is 2. The predicted molar refractivity (Wildman–Crippen MR) is 99.5 cm³/mol. The highest BCUT2D eigenvalue weighted by atomic mass is 19.4. The molecule has 178 valence electrons. The lowest BCUT2D eigenvalue weighted by molar-refractivity contribution is -0.192. The van der Waals surface area contributed by atoms with Crippen molar-refractivity contribution in [3.8, 4) is 0 Å². The molecule has 0 aromatic heterocycles. The van der Waals surface area contributed by atoms with Crippen LogP contribution in [0.4, 0.5) is 13.2 Å². The second-order valence-corrected chi connectivity index (χ2v) is 6.74. The Bertz CT molecular complexity index is 673. The van der Waals surface area contributed by atoms with Crippen molar-refractivity contribution in [1.29, 1.82) is 0 Å². The van der Waals surface area contributed by atoms with Crippen LogP contribution in [0, 0.1) is 5.92 Å². The van der Waals surface area contributed by atoms with Crippen molar-refractivity contribution in [1.82, 2.24) is 15.5 Å². The van der Waals surface area contributed by atoms with Crippen molar-refractivity contribution in [2.45, 2.75) is 51.4 Å². The Balaban J connectivity index is 0.00000110. The maximum Gasteiger partial charge on any atom is 0.490 e. The van der Waals surface area contributed by atoms with Gasteiger partial charge in [-0.15, -0.1) is 0 Å². The van der Waals surface area contributed by atoms with Gasteiger partial charge >= 0.3 is 18.1 Å². The Morgan fingerprint density at radius 2 is 1.74 bits per heavy atom. The number of rotatable bonds is 8. The summed E-state index contributed by atoms with van der Waals surface area (Å²) in [5, 5.41) is 21.3. The van der Waals surface area contributed by atoms with Crippen LogP contribution in [0.2, 0.25) is 0 Å². The fourth-order valence-electron chi connectivity index (χ4n) is 2.62. The largest absolute Gasteiger partial charge is 0.490 e. The summed E-state index contributed by atoms with van der Waals surface area (Å²) in [5.41, 5.74) is 5.16. The standard InChI is InChI=1S/C15H26N4O5.C2HF3O2/c1-3-9(2)13(15(23)24)18-14(22)10-5-4-6-19(10)12(21)8-17-11(20)7-16;3-2(4,5)1(6)7/h9-10,13H,3-8,16H2,1-2H3,(H,17,20)(H,18,22)(H,23,24);(H,6,7)/t9?,10-,13-;/m0./s1. The second-order valence-electron chi connectivity index (χ2n) is 6.74. The number of amides is 3. The van der Waals surface area contributed by atoms with Crippen LogP contribution >= 0.6 is 0 Å². The normalized spacial score (nSPS) is 17.6. The molecular weight excluding hydrogens is 429 g/mol. The van der Waals surface area contributed by atoms with Crippen molar-refractivity contribution in [3.63, 3.8) is 0 Å². The molecule has 1 unspecified atom stereocenters. The Labute approximate surface area is 176 Å². The van der Waals surface area contributed by atoms with E-state index in [1.807, 2.05) is 6.92 Å². The second kappa shape index (κ2) is 12.7. The average Bonchev–Trinajstić information content (AvgIpc) is 3.18. The Morgan fingerprint density at radius 3 is 2.16 bits per heavy atom. The number of likely N-dealkylation sites (tertiary alicyclic amines) is 1. The van der Waals surface area contributed by atoms with Gasteiger partial charge in [-0.25, -0.2) is 9.59 Å². The van der Waals surface area contributed by atoms with Crippen molar-refractivity contribution >= 4 is 29.7 Å². The zero-order valence-corrected chi connectivity index (χ0v) is 17.1. The van der Waals surface area contributed by atoms with Gasteiger partial charge in [0.05, 0.1) is 13.1 Å². The van der Waals surface area contributed by atoms with Gasteiger partial charge in [0, 0.05) is 6.54 Å². The summed E-state index contributed by atoms with van der Waals surface area (Å²) in [6.45, 7) is 3.55. The molecule has 11 nitrogen and oxygen atoms in total. The molecule has 0 spiro atoms. The van der Waals surface area contributed by atoms with Crippen LogP contribution in [0.15, 0.2) is 0 Å². The SMILES string of the molecule is CCC(C)[C@H](NC(=O)[C@@H]1CCCN1C(=O)CNC(=O)CN)C(=O)O.O=C(O)C(F)(F)F. The number of alkyl halides is 3. The summed E-state index contributed by atoms with van der Waals surface area (Å²) < 4.78 is 31.7. The minimum absolute atomic E-state index is 0.216. The zero-order chi connectivity index (χ0) is 24.4. The van der Waals surface area contributed by atoms with Crippen LogP contribution in [0.5, 0.6) is 0 Å². The van der Waals surface area contributed by atoms with E-state index < -0.39 is 42.0 Å². The lowest BCUT2D eigenvalue weighted by Crippen LogP contribution is -2.54. The van der Waals surface area contributed by atoms with Gasteiger partial charge in [-0.1, -0.05) is 20.3 Å². The number of carbonyl (C=O) groups is 5. The number of nitrogens with two attached hydrogens (primary N) is 1. The summed E-state index contributed by atoms with van der Waals surface area (Å²) in [6.07, 6.45) is -3.36. The third-order valence-electron chi connectivity index (χ3n) is 4.52. The molecule has 0 aromatic carbocycles. The molecule has 1 heterocycles. The highest BCUT2D eigenvalue weighted by Gasteiger charge is 2.38. The number of hydrogen-bond acceptors (Lipinski definition) is 6. The van der Waals surface area contributed by atoms with E-state index in [1.54, 1.807) is 6.92 Å². The third-order valence-corrected chi connectivity index (χ3v) is 4.52. The van der Waals surface area contributed by atoms with Gasteiger partial charge in [0.25, 0.3) is 0 Å². The number of carbonyl (C=O) groups excluding carboxylic acids is 3. The van der Waals surface area contributed by atoms with Gasteiger partial charge < -0.3 is 31.5 Å². The number of hydrogen-bond donors (Lipinski definition) is 5. The van der Waals surface area contributed by atoms with Gasteiger partial charge in [-0.3, -0.25) is 14.4 Å². The molecule has 6 N–H and O–H groups in total.